The summed E-state index contributed by atoms with van der Waals surface area (Å²) < 4.78 is 0. The first-order valence-corrected chi connectivity index (χ1v) is 16.2. The average molecular weight is 584 g/mol. The fraction of sp³-hybridized carbons (Fsp3) is 0.459. The highest BCUT2D eigenvalue weighted by Crippen LogP contribution is 2.42. The third kappa shape index (κ3) is 7.06. The molecule has 0 amide bonds. The summed E-state index contributed by atoms with van der Waals surface area (Å²) >= 11 is 0. The molecule has 230 valence electrons. The highest BCUT2D eigenvalue weighted by molar-refractivity contribution is 6.39. The molecule has 0 saturated heterocycles. The molecule has 43 heavy (non-hydrogen) atoms. The number of ketones is 2. The van der Waals surface area contributed by atoms with Crippen LogP contribution in [0.1, 0.15) is 96.1 Å². The van der Waals surface area contributed by atoms with Crippen molar-refractivity contribution in [3.05, 3.63) is 88.4 Å². The molecule has 2 aliphatic carbocycles. The second-order valence-corrected chi connectivity index (χ2v) is 11.7. The maximum absolute atomic E-state index is 13.1. The van der Waals surface area contributed by atoms with Crippen LogP contribution < -0.4 is 14.9 Å². The molecular formula is C37H47N2O4-. The van der Waals surface area contributed by atoms with Crippen molar-refractivity contribution >= 4 is 28.5 Å². The summed E-state index contributed by atoms with van der Waals surface area (Å²) in [6, 6.07) is 15.4. The summed E-state index contributed by atoms with van der Waals surface area (Å²) in [7, 11) is 0. The lowest BCUT2D eigenvalue weighted by Gasteiger charge is -2.33. The molecule has 0 fully saturated rings. The van der Waals surface area contributed by atoms with Crippen molar-refractivity contribution in [3.63, 3.8) is 0 Å². The number of benzene rings is 2. The number of aliphatic hydroxyl groups is 1. The summed E-state index contributed by atoms with van der Waals surface area (Å²) in [6.45, 7) is 12.7. The van der Waals surface area contributed by atoms with Gasteiger partial charge in [0.2, 0.25) is 0 Å². The molecular weight excluding hydrogens is 536 g/mol. The van der Waals surface area contributed by atoms with Crippen molar-refractivity contribution in [3.8, 4) is 0 Å². The molecule has 0 aliphatic heterocycles. The third-order valence-electron chi connectivity index (χ3n) is 8.55. The molecule has 1 atom stereocenters. The van der Waals surface area contributed by atoms with Gasteiger partial charge in [0.25, 0.3) is 0 Å². The van der Waals surface area contributed by atoms with E-state index < -0.39 is 5.92 Å². The first kappa shape index (κ1) is 32.1. The van der Waals surface area contributed by atoms with Gasteiger partial charge in [-0.3, -0.25) is 9.59 Å². The number of nitrogens with zero attached hydrogens (tertiary/aromatic N) is 2. The van der Waals surface area contributed by atoms with Crippen LogP contribution in [0.3, 0.4) is 0 Å². The number of unbranched alkanes of at least 4 members (excludes halogenated alkanes) is 4. The molecule has 6 heteroatoms. The van der Waals surface area contributed by atoms with Crippen molar-refractivity contribution < 1.29 is 19.8 Å². The lowest BCUT2D eigenvalue weighted by Crippen LogP contribution is -2.33. The Morgan fingerprint density at radius 2 is 1.16 bits per heavy atom. The van der Waals surface area contributed by atoms with E-state index in [1.165, 1.54) is 6.08 Å². The molecule has 0 heterocycles. The van der Waals surface area contributed by atoms with E-state index in [-0.39, 0.29) is 39.8 Å². The van der Waals surface area contributed by atoms with Crippen LogP contribution in [0.2, 0.25) is 0 Å². The number of aliphatic hydroxyl groups excluding tert-OH is 1. The van der Waals surface area contributed by atoms with Crippen LogP contribution in [0.15, 0.2) is 77.3 Å². The van der Waals surface area contributed by atoms with Gasteiger partial charge >= 0.3 is 0 Å². The van der Waals surface area contributed by atoms with E-state index in [2.05, 4.69) is 37.5 Å². The fourth-order valence-corrected chi connectivity index (χ4v) is 5.74. The van der Waals surface area contributed by atoms with E-state index in [9.17, 15) is 19.8 Å². The molecule has 0 spiro atoms. The normalized spacial score (nSPS) is 17.4. The van der Waals surface area contributed by atoms with Crippen LogP contribution >= 0.6 is 0 Å². The lowest BCUT2D eigenvalue weighted by molar-refractivity contribution is -0.297. The first-order chi connectivity index (χ1) is 20.9. The SMILES string of the molecule is CCCCN(CCCC)c1ccc(C2=C([O-])/C(=C/C3=C(O)C(c4ccc(N(CCCC)CCCC)cc4)C3=O)C2=O)cc1. The summed E-state index contributed by atoms with van der Waals surface area (Å²) in [5.41, 5.74) is 3.65. The van der Waals surface area contributed by atoms with Crippen molar-refractivity contribution in [1.29, 1.82) is 0 Å². The zero-order valence-electron chi connectivity index (χ0n) is 26.3. The Morgan fingerprint density at radius 1 is 0.721 bits per heavy atom. The van der Waals surface area contributed by atoms with E-state index in [1.807, 2.05) is 48.5 Å². The quantitative estimate of drug-likeness (QED) is 0.197. The van der Waals surface area contributed by atoms with Gasteiger partial charge < -0.3 is 20.0 Å². The molecule has 0 bridgehead atoms. The molecule has 0 aromatic heterocycles. The van der Waals surface area contributed by atoms with Gasteiger partial charge in [-0.15, -0.1) is 0 Å². The molecule has 1 N–H and O–H groups in total. The maximum Gasteiger partial charge on any atom is 0.192 e. The number of allylic oxidation sites excluding steroid dienone is 5. The Morgan fingerprint density at radius 3 is 1.56 bits per heavy atom. The topological polar surface area (TPSA) is 83.9 Å². The molecule has 2 aliphatic rings. The Hall–Kier alpha value is -3.80. The van der Waals surface area contributed by atoms with Crippen molar-refractivity contribution in [1.82, 2.24) is 0 Å². The Kier molecular flexibility index (Phi) is 11.3. The Bertz CT molecular complexity index is 1350. The number of carbonyl (C=O) groups is 2. The van der Waals surface area contributed by atoms with Crippen LogP contribution in [0.5, 0.6) is 0 Å². The zero-order chi connectivity index (χ0) is 30.9. The lowest BCUT2D eigenvalue weighted by atomic mass is 9.74. The van der Waals surface area contributed by atoms with Crippen LogP contribution in [0, 0.1) is 0 Å². The van der Waals surface area contributed by atoms with Crippen molar-refractivity contribution in [2.24, 2.45) is 0 Å². The predicted molar refractivity (Wildman–Crippen MR) is 174 cm³/mol. The first-order valence-electron chi connectivity index (χ1n) is 16.2. The summed E-state index contributed by atoms with van der Waals surface area (Å²) in [5, 5.41) is 23.8. The van der Waals surface area contributed by atoms with E-state index in [0.29, 0.717) is 11.1 Å². The molecule has 1 unspecified atom stereocenters. The zero-order valence-corrected chi connectivity index (χ0v) is 26.3. The monoisotopic (exact) mass is 583 g/mol. The van der Waals surface area contributed by atoms with Gasteiger partial charge in [-0.1, -0.05) is 83.4 Å². The standard InChI is InChI=1S/C37H48N2O4/c1-5-9-21-38(22-10-6-2)28-17-13-26(14-18-28)32-34(40)30(35(32)41)25-31-36(42)33(37(31)43)27-15-19-29(20-16-27)39(23-11-7-3)24-12-8-4/h13-20,25,32,40,42H,5-12,21-24H2,1-4H3/p-1/b31-25-. The average Bonchev–Trinajstić information content (AvgIpc) is 3.02. The number of hydrogen-bond acceptors (Lipinski definition) is 6. The van der Waals surface area contributed by atoms with Crippen molar-refractivity contribution in [2.75, 3.05) is 36.0 Å². The molecule has 4 rings (SSSR count). The summed E-state index contributed by atoms with van der Waals surface area (Å²) in [4.78, 5) is 30.8. The number of Topliss-reactive ketones (excluding diaryl/α,β-unsaturated/α-hetero) is 2. The number of anilines is 2. The van der Waals surface area contributed by atoms with E-state index in [1.54, 1.807) is 0 Å². The predicted octanol–water partition coefficient (Wildman–Crippen LogP) is 7.26. The Balaban J connectivity index is 1.48. The highest BCUT2D eigenvalue weighted by atomic mass is 16.3. The minimum absolute atomic E-state index is 0.0437. The van der Waals surface area contributed by atoms with Crippen LogP contribution in [0.4, 0.5) is 11.4 Å². The number of rotatable bonds is 17. The van der Waals surface area contributed by atoms with Crippen LogP contribution in [0.25, 0.3) is 5.57 Å². The highest BCUT2D eigenvalue weighted by Gasteiger charge is 2.41. The van der Waals surface area contributed by atoms with E-state index in [4.69, 9.17) is 0 Å². The van der Waals surface area contributed by atoms with Gasteiger partial charge in [0, 0.05) is 48.7 Å². The van der Waals surface area contributed by atoms with Gasteiger partial charge in [0.05, 0.1) is 5.57 Å². The third-order valence-corrected chi connectivity index (χ3v) is 8.55. The van der Waals surface area contributed by atoms with E-state index >= 15 is 0 Å². The Labute approximate surface area is 257 Å². The van der Waals surface area contributed by atoms with Gasteiger partial charge in [-0.2, -0.15) is 0 Å². The second kappa shape index (κ2) is 15.1. The number of hydrogen-bond donors (Lipinski definition) is 1. The van der Waals surface area contributed by atoms with Gasteiger partial charge in [-0.25, -0.2) is 0 Å². The van der Waals surface area contributed by atoms with Crippen LogP contribution in [-0.2, 0) is 9.59 Å². The maximum atomic E-state index is 13.1. The van der Waals surface area contributed by atoms with Gasteiger partial charge in [0.15, 0.2) is 11.6 Å². The van der Waals surface area contributed by atoms with E-state index in [0.717, 1.165) is 88.9 Å². The van der Waals surface area contributed by atoms with Crippen LogP contribution in [-0.4, -0.2) is 42.9 Å². The minimum atomic E-state index is -0.759. The molecule has 6 nitrogen and oxygen atoms in total. The van der Waals surface area contributed by atoms with Crippen molar-refractivity contribution in [2.45, 2.75) is 85.0 Å². The van der Waals surface area contributed by atoms with Gasteiger partial charge in [0.1, 0.15) is 11.7 Å². The fourth-order valence-electron chi connectivity index (χ4n) is 5.74. The molecule has 2 aromatic rings. The molecule has 0 radical (unpaired) electrons. The summed E-state index contributed by atoms with van der Waals surface area (Å²) in [5.74, 6) is -1.88. The van der Waals surface area contributed by atoms with Gasteiger partial charge in [-0.05, 0) is 67.2 Å². The second-order valence-electron chi connectivity index (χ2n) is 11.7. The largest absolute Gasteiger partial charge is 0.871 e. The summed E-state index contributed by atoms with van der Waals surface area (Å²) in [6.07, 6.45) is 10.2. The minimum Gasteiger partial charge on any atom is -0.871 e. The smallest absolute Gasteiger partial charge is 0.192 e. The molecule has 2 aromatic carbocycles. The molecule has 0 saturated carbocycles. The number of carbonyl (C=O) groups excluding carboxylic acids is 2.